The molecule has 2 unspecified atom stereocenters. The Hall–Kier alpha value is -7.79. The predicted octanol–water partition coefficient (Wildman–Crippen LogP) is 19.6. The number of nitrogens with zero attached hydrogens (tertiary/aromatic N) is 6. The van der Waals surface area contributed by atoms with E-state index in [1.807, 2.05) is 96.2 Å². The number of hydrogen-bond donors (Lipinski definition) is 0. The van der Waals surface area contributed by atoms with Crippen molar-refractivity contribution in [3.8, 4) is 28.2 Å². The fourth-order valence-electron chi connectivity index (χ4n) is 11.5. The molecule has 7 aromatic rings. The third kappa shape index (κ3) is 13.1. The maximum absolute atomic E-state index is 5.61. The molecular weight excluding hydrogens is 1230 g/mol. The Morgan fingerprint density at radius 3 is 2.12 bits per heavy atom. The summed E-state index contributed by atoms with van der Waals surface area (Å²) in [5, 5.41) is 0.953. The molecule has 2 bridgehead atoms. The van der Waals surface area contributed by atoms with E-state index in [1.54, 1.807) is 6.08 Å². The van der Waals surface area contributed by atoms with Gasteiger partial charge in [0.1, 0.15) is 23.0 Å². The van der Waals surface area contributed by atoms with Crippen molar-refractivity contribution in [3.63, 3.8) is 0 Å². The summed E-state index contributed by atoms with van der Waals surface area (Å²) < 4.78 is 4.79. The first kappa shape index (κ1) is 67.3. The normalized spacial score (nSPS) is 16.7. The van der Waals surface area contributed by atoms with E-state index in [1.165, 1.54) is 39.0 Å². The largest absolute Gasteiger partial charge is 2.00 e. The number of allylic oxidation sites excluding steroid dienone is 10. The average Bonchev–Trinajstić information content (AvgIpc) is 1.52. The van der Waals surface area contributed by atoms with Crippen LogP contribution in [0.5, 0.6) is 0 Å². The maximum atomic E-state index is 5.61. The predicted molar refractivity (Wildman–Crippen MR) is 365 cm³/mol. The zero-order chi connectivity index (χ0) is 62.3. The minimum Gasteiger partial charge on any atom is -0.297 e. The Bertz CT molecular complexity index is 3970. The minimum absolute atomic E-state index is 0. The Morgan fingerprint density at radius 2 is 1.49 bits per heavy atom. The van der Waals surface area contributed by atoms with Crippen molar-refractivity contribution in [1.29, 1.82) is 0 Å². The fraction of sp³-hybridized carbons (Fsp3) is 0.291. The zero-order valence-electron chi connectivity index (χ0n) is 54.6. The Labute approximate surface area is 531 Å². The van der Waals surface area contributed by atoms with Crippen LogP contribution in [0.25, 0.3) is 46.4 Å². The molecule has 1 spiro atoms. The van der Waals surface area contributed by atoms with Gasteiger partial charge in [-0.25, -0.2) is 0 Å². The number of aryl methyl sites for hydroxylation is 3. The van der Waals surface area contributed by atoms with E-state index < -0.39 is 5.41 Å². The van der Waals surface area contributed by atoms with E-state index in [2.05, 4.69) is 226 Å². The number of anilines is 2. The molecule has 0 amide bonds. The summed E-state index contributed by atoms with van der Waals surface area (Å²) in [5.41, 5.74) is 22.4. The van der Waals surface area contributed by atoms with Gasteiger partial charge in [0.25, 0.3) is 0 Å². The van der Waals surface area contributed by atoms with Crippen molar-refractivity contribution in [2.75, 3.05) is 4.90 Å². The summed E-state index contributed by atoms with van der Waals surface area (Å²) in [4.78, 5) is 17.5. The van der Waals surface area contributed by atoms with Crippen LogP contribution in [0.2, 0.25) is 0 Å². The SMILES string of the molecule is C=C/C1=[n+]2\c(=C)c(C)c(/C=C(\C)C(C)(C)C)n2-c2cc(C(C)(C)C)ccc2-c2cccc(n2)C12C1=C(CC(C)C=C1)c1ccccc12.C=CC(=NC(=C)C(C)=[C-]/C=C\C)N(c1cccc(-c2[c-]cccc2)n1)c1c(C)cc(C)cc1C.CC.CC.[Pt+2]. The molecular formula is C79H91N6Pt+. The van der Waals surface area contributed by atoms with Gasteiger partial charge in [0.05, 0.1) is 22.6 Å². The van der Waals surface area contributed by atoms with Crippen LogP contribution in [-0.2, 0) is 31.9 Å². The van der Waals surface area contributed by atoms with Crippen LogP contribution in [0.15, 0.2) is 199 Å². The van der Waals surface area contributed by atoms with E-state index in [9.17, 15) is 0 Å². The monoisotopic (exact) mass is 1320 g/mol. The molecule has 6 nitrogen and oxygen atoms in total. The molecule has 0 N–H and O–H groups in total. The molecule has 446 valence electrons. The average molecular weight is 1320 g/mol. The van der Waals surface area contributed by atoms with Crippen LogP contribution < -0.4 is 14.6 Å². The third-order valence-electron chi connectivity index (χ3n) is 16.2. The number of fused-ring (bicyclic) bond motifs is 11. The first-order valence-corrected chi connectivity index (χ1v) is 30.3. The van der Waals surface area contributed by atoms with E-state index in [-0.39, 0.29) is 31.9 Å². The van der Waals surface area contributed by atoms with Gasteiger partial charge < -0.3 is 0 Å². The molecule has 3 aliphatic rings. The van der Waals surface area contributed by atoms with Crippen LogP contribution in [0.4, 0.5) is 11.5 Å². The molecule has 4 aromatic carbocycles. The van der Waals surface area contributed by atoms with Gasteiger partial charge in [-0.2, -0.15) is 18.2 Å². The molecule has 0 saturated heterocycles. The number of pyridine rings is 2. The van der Waals surface area contributed by atoms with Crippen LogP contribution in [0.3, 0.4) is 0 Å². The van der Waals surface area contributed by atoms with Crippen molar-refractivity contribution in [2.24, 2.45) is 16.3 Å². The van der Waals surface area contributed by atoms with Crippen LogP contribution in [-0.4, -0.2) is 20.5 Å². The second-order valence-electron chi connectivity index (χ2n) is 24.0. The van der Waals surface area contributed by atoms with Gasteiger partial charge in [0.2, 0.25) is 11.1 Å². The quantitative estimate of drug-likeness (QED) is 0.0476. The van der Waals surface area contributed by atoms with Crippen molar-refractivity contribution < 1.29 is 25.4 Å². The molecule has 10 rings (SSSR count). The van der Waals surface area contributed by atoms with Gasteiger partial charge in [-0.15, -0.1) is 52.7 Å². The van der Waals surface area contributed by atoms with Crippen LogP contribution in [0, 0.1) is 56.9 Å². The van der Waals surface area contributed by atoms with E-state index in [4.69, 9.17) is 21.5 Å². The molecule has 0 saturated carbocycles. The molecule has 4 heterocycles. The van der Waals surface area contributed by atoms with E-state index in [0.29, 0.717) is 17.5 Å². The summed E-state index contributed by atoms with van der Waals surface area (Å²) >= 11 is 0. The van der Waals surface area contributed by atoms with Gasteiger partial charge in [-0.05, 0) is 151 Å². The standard InChI is InChI=1S/C44H48N3.C31H31N3.2C2H6.Pt/c1-12-41-44(35-17-14-13-16-32(35)34-24-27(2)20-23-36(34)44)40-19-15-18-37(45-40)33-22-21-31(43(9,10)11)26-39(33)47-38(25-28(3)42(6,7)8)29(4)30(5)46(41)47;1-8-10-15-23(4)26(7)32-29(9-2)34(31-24(5)20-22(3)21-25(31)6)30-19-14-18-28(33-30)27-16-12-11-13-17-27;2*1-2;/h12-23,25-27H,1,5,24H2,2-4,6-11H3;8-14,16,18-21H,2,7H2,1,3-6H3;2*1-2H3;/q+1;-2;;;+2/b28-25+,46-41-;10-8-,32-29?;;;. The third-order valence-corrected chi connectivity index (χ3v) is 16.2. The number of aromatic nitrogens is 4. The number of aliphatic imine (C=N–C) groups is 1. The summed E-state index contributed by atoms with van der Waals surface area (Å²) in [6.07, 6.45) is 18.9. The summed E-state index contributed by atoms with van der Waals surface area (Å²) in [5.74, 6) is 1.85. The summed E-state index contributed by atoms with van der Waals surface area (Å²) in [6.45, 7) is 56.3. The van der Waals surface area contributed by atoms with Gasteiger partial charge in [-0.3, -0.25) is 19.9 Å². The van der Waals surface area contributed by atoms with Gasteiger partial charge >= 0.3 is 21.1 Å². The zero-order valence-corrected chi connectivity index (χ0v) is 56.9. The number of hydrogen-bond acceptors (Lipinski definition) is 3. The van der Waals surface area contributed by atoms with Crippen molar-refractivity contribution >= 4 is 35.6 Å². The molecule has 86 heavy (non-hydrogen) atoms. The second kappa shape index (κ2) is 28.2. The van der Waals surface area contributed by atoms with Crippen LogP contribution in [0.1, 0.15) is 154 Å². The molecule has 2 atom stereocenters. The van der Waals surface area contributed by atoms with Gasteiger partial charge in [0, 0.05) is 11.6 Å². The van der Waals surface area contributed by atoms with E-state index >= 15 is 0 Å². The van der Waals surface area contributed by atoms with E-state index in [0.717, 1.165) is 90.8 Å². The molecule has 2 aliphatic carbocycles. The summed E-state index contributed by atoms with van der Waals surface area (Å²) in [7, 11) is 0. The second-order valence-corrected chi connectivity index (χ2v) is 24.0. The molecule has 1 aliphatic heterocycles. The van der Waals surface area contributed by atoms with Crippen molar-refractivity contribution in [2.45, 2.75) is 142 Å². The van der Waals surface area contributed by atoms with Crippen molar-refractivity contribution in [3.05, 3.63) is 267 Å². The van der Waals surface area contributed by atoms with Crippen LogP contribution >= 0.6 is 0 Å². The van der Waals surface area contributed by atoms with Gasteiger partial charge in [-0.1, -0.05) is 198 Å². The maximum Gasteiger partial charge on any atom is 2.00 e. The number of amidine groups is 1. The fourth-order valence-corrected chi connectivity index (χ4v) is 11.5. The molecule has 0 fully saturated rings. The molecule has 0 radical (unpaired) electrons. The van der Waals surface area contributed by atoms with Crippen molar-refractivity contribution in [1.82, 2.24) is 14.6 Å². The smallest absolute Gasteiger partial charge is 0.297 e. The number of benzene rings is 4. The summed E-state index contributed by atoms with van der Waals surface area (Å²) in [6, 6.07) is 43.9. The Kier molecular flexibility index (Phi) is 22.0. The Balaban J connectivity index is 0.000000270. The minimum atomic E-state index is -0.686. The first-order chi connectivity index (χ1) is 40.5. The Morgan fingerprint density at radius 1 is 0.826 bits per heavy atom. The molecule has 3 aromatic heterocycles. The first-order valence-electron chi connectivity index (χ1n) is 30.3. The topological polar surface area (TPSA) is 52.2 Å². The molecule has 7 heteroatoms. The van der Waals surface area contributed by atoms with Gasteiger partial charge in [0.15, 0.2) is 5.41 Å². The number of rotatable bonds is 9.